The van der Waals surface area contributed by atoms with Crippen molar-refractivity contribution in [3.8, 4) is 22.8 Å². The first-order valence-corrected chi connectivity index (χ1v) is 6.11. The highest BCUT2D eigenvalue weighted by atomic mass is 16.1. The lowest BCUT2D eigenvalue weighted by molar-refractivity contribution is 0.100. The maximum Gasteiger partial charge on any atom is 0.249 e. The Hall–Kier alpha value is -2.95. The fraction of sp³-hybridized carbons (Fsp3) is 0. The van der Waals surface area contributed by atoms with E-state index in [0.717, 1.165) is 11.4 Å². The largest absolute Gasteiger partial charge is 0.366 e. The van der Waals surface area contributed by atoms with Crippen molar-refractivity contribution >= 4 is 5.91 Å². The number of benzene rings is 1. The van der Waals surface area contributed by atoms with Crippen molar-refractivity contribution in [3.63, 3.8) is 0 Å². The van der Waals surface area contributed by atoms with E-state index in [9.17, 15) is 4.79 Å². The van der Waals surface area contributed by atoms with Gasteiger partial charge in [0.15, 0.2) is 0 Å². The van der Waals surface area contributed by atoms with Crippen LogP contribution in [-0.4, -0.2) is 20.9 Å². The Morgan fingerprint density at radius 3 is 2.60 bits per heavy atom. The molecule has 5 nitrogen and oxygen atoms in total. The Kier molecular flexibility index (Phi) is 3.01. The number of nitrogens with one attached hydrogen (secondary N) is 1. The molecule has 0 saturated heterocycles. The fourth-order valence-electron chi connectivity index (χ4n) is 2.01. The number of carbonyl (C=O) groups excluding carboxylic acids is 1. The Labute approximate surface area is 115 Å². The Morgan fingerprint density at radius 1 is 1.05 bits per heavy atom. The molecular weight excluding hydrogens is 252 g/mol. The number of amides is 1. The summed E-state index contributed by atoms with van der Waals surface area (Å²) >= 11 is 0. The van der Waals surface area contributed by atoms with Crippen molar-refractivity contribution in [1.82, 2.24) is 15.0 Å². The molecule has 0 aliphatic carbocycles. The van der Waals surface area contributed by atoms with E-state index in [1.54, 1.807) is 30.6 Å². The minimum atomic E-state index is -0.476. The summed E-state index contributed by atoms with van der Waals surface area (Å²) < 4.78 is 0. The van der Waals surface area contributed by atoms with E-state index in [1.165, 1.54) is 0 Å². The number of primary amides is 1. The predicted molar refractivity (Wildman–Crippen MR) is 75.8 cm³/mol. The average molecular weight is 264 g/mol. The third-order valence-electron chi connectivity index (χ3n) is 2.96. The van der Waals surface area contributed by atoms with Gasteiger partial charge >= 0.3 is 0 Å². The Bertz CT molecular complexity index is 749. The molecule has 0 fully saturated rings. The van der Waals surface area contributed by atoms with E-state index in [-0.39, 0.29) is 0 Å². The first-order chi connectivity index (χ1) is 9.75. The standard InChI is InChI=1S/C15H12N4O/c16-14(20)10-5-1-2-6-11(10)15-18-9-13(19-15)12-7-3-4-8-17-12/h1-9H,(H2,16,20)(H,18,19). The summed E-state index contributed by atoms with van der Waals surface area (Å²) in [5.41, 5.74) is 8.08. The van der Waals surface area contributed by atoms with Gasteiger partial charge in [0.1, 0.15) is 5.82 Å². The van der Waals surface area contributed by atoms with Crippen LogP contribution in [0, 0.1) is 0 Å². The second-order valence-corrected chi connectivity index (χ2v) is 4.27. The molecule has 2 aromatic heterocycles. The molecule has 20 heavy (non-hydrogen) atoms. The highest BCUT2D eigenvalue weighted by molar-refractivity contribution is 5.99. The lowest BCUT2D eigenvalue weighted by Gasteiger charge is -2.03. The number of pyridine rings is 1. The molecule has 0 aliphatic rings. The van der Waals surface area contributed by atoms with Crippen LogP contribution in [0.2, 0.25) is 0 Å². The minimum absolute atomic E-state index is 0.439. The highest BCUT2D eigenvalue weighted by Crippen LogP contribution is 2.23. The van der Waals surface area contributed by atoms with Gasteiger partial charge < -0.3 is 10.7 Å². The molecule has 5 heteroatoms. The Balaban J connectivity index is 2.05. The summed E-state index contributed by atoms with van der Waals surface area (Å²) in [5.74, 6) is 0.122. The number of imidazole rings is 1. The molecule has 0 bridgehead atoms. The monoisotopic (exact) mass is 264 g/mol. The van der Waals surface area contributed by atoms with Crippen molar-refractivity contribution in [2.75, 3.05) is 0 Å². The molecule has 3 aromatic rings. The molecule has 0 saturated carbocycles. The van der Waals surface area contributed by atoms with Crippen molar-refractivity contribution in [2.45, 2.75) is 0 Å². The molecule has 3 N–H and O–H groups in total. The summed E-state index contributed by atoms with van der Waals surface area (Å²) in [6.07, 6.45) is 3.41. The maximum atomic E-state index is 11.4. The molecule has 0 unspecified atom stereocenters. The highest BCUT2D eigenvalue weighted by Gasteiger charge is 2.12. The number of rotatable bonds is 3. The predicted octanol–water partition coefficient (Wildman–Crippen LogP) is 2.24. The lowest BCUT2D eigenvalue weighted by Crippen LogP contribution is -2.12. The number of aromatic nitrogens is 3. The second kappa shape index (κ2) is 4.97. The third-order valence-corrected chi connectivity index (χ3v) is 2.96. The van der Waals surface area contributed by atoms with Gasteiger partial charge in [-0.1, -0.05) is 24.3 Å². The molecule has 0 radical (unpaired) electrons. The van der Waals surface area contributed by atoms with Gasteiger partial charge in [-0.15, -0.1) is 0 Å². The van der Waals surface area contributed by atoms with Gasteiger partial charge in [0.2, 0.25) is 5.91 Å². The van der Waals surface area contributed by atoms with Crippen LogP contribution >= 0.6 is 0 Å². The van der Waals surface area contributed by atoms with E-state index in [2.05, 4.69) is 15.0 Å². The van der Waals surface area contributed by atoms with Crippen LogP contribution in [0.1, 0.15) is 10.4 Å². The lowest BCUT2D eigenvalue weighted by atomic mass is 10.1. The number of nitrogens with zero attached hydrogens (tertiary/aromatic N) is 2. The van der Waals surface area contributed by atoms with Crippen molar-refractivity contribution in [1.29, 1.82) is 0 Å². The third kappa shape index (κ3) is 2.16. The van der Waals surface area contributed by atoms with Crippen molar-refractivity contribution in [2.24, 2.45) is 5.73 Å². The molecular formula is C15H12N4O. The van der Waals surface area contributed by atoms with Gasteiger partial charge in [0.05, 0.1) is 23.1 Å². The smallest absolute Gasteiger partial charge is 0.249 e. The summed E-state index contributed by atoms with van der Waals surface area (Å²) in [5, 5.41) is 0. The van der Waals surface area contributed by atoms with Crippen LogP contribution in [0.25, 0.3) is 22.8 Å². The molecule has 1 amide bonds. The van der Waals surface area contributed by atoms with Crippen LogP contribution in [0.3, 0.4) is 0 Å². The molecule has 0 spiro atoms. The summed E-state index contributed by atoms with van der Waals surface area (Å²) in [6, 6.07) is 12.7. The zero-order valence-corrected chi connectivity index (χ0v) is 10.6. The summed E-state index contributed by atoms with van der Waals surface area (Å²) in [7, 11) is 0. The molecule has 0 atom stereocenters. The number of aromatic amines is 1. The topological polar surface area (TPSA) is 84.7 Å². The number of H-pyrrole nitrogens is 1. The van der Waals surface area contributed by atoms with Crippen LogP contribution in [0.15, 0.2) is 54.9 Å². The van der Waals surface area contributed by atoms with Gasteiger partial charge in [-0.05, 0) is 18.2 Å². The Morgan fingerprint density at radius 2 is 1.85 bits per heavy atom. The summed E-state index contributed by atoms with van der Waals surface area (Å²) in [6.45, 7) is 0. The zero-order chi connectivity index (χ0) is 13.9. The number of nitrogens with two attached hydrogens (primary N) is 1. The van der Waals surface area contributed by atoms with Crippen LogP contribution in [-0.2, 0) is 0 Å². The number of carbonyl (C=O) groups is 1. The first-order valence-electron chi connectivity index (χ1n) is 6.11. The van der Waals surface area contributed by atoms with Crippen LogP contribution < -0.4 is 5.73 Å². The zero-order valence-electron chi connectivity index (χ0n) is 10.6. The van der Waals surface area contributed by atoms with Gasteiger partial charge in [-0.2, -0.15) is 0 Å². The average Bonchev–Trinajstić information content (AvgIpc) is 2.98. The quantitative estimate of drug-likeness (QED) is 0.760. The molecule has 3 rings (SSSR count). The van der Waals surface area contributed by atoms with Gasteiger partial charge in [-0.3, -0.25) is 9.78 Å². The maximum absolute atomic E-state index is 11.4. The van der Waals surface area contributed by atoms with Crippen LogP contribution in [0.4, 0.5) is 0 Å². The molecule has 98 valence electrons. The van der Waals surface area contributed by atoms with E-state index >= 15 is 0 Å². The first kappa shape index (κ1) is 12.1. The van der Waals surface area contributed by atoms with Gasteiger partial charge in [0, 0.05) is 11.8 Å². The van der Waals surface area contributed by atoms with Crippen LogP contribution in [0.5, 0.6) is 0 Å². The molecule has 0 aliphatic heterocycles. The number of hydrogen-bond donors (Lipinski definition) is 2. The SMILES string of the molecule is NC(=O)c1ccccc1-c1ncc(-c2ccccn2)[nH]1. The fourth-order valence-corrected chi connectivity index (χ4v) is 2.01. The van der Waals surface area contributed by atoms with Crippen molar-refractivity contribution < 1.29 is 4.79 Å². The second-order valence-electron chi connectivity index (χ2n) is 4.27. The van der Waals surface area contributed by atoms with Gasteiger partial charge in [0.25, 0.3) is 0 Å². The molecule has 2 heterocycles. The van der Waals surface area contributed by atoms with Crippen molar-refractivity contribution in [3.05, 3.63) is 60.4 Å². The van der Waals surface area contributed by atoms with E-state index < -0.39 is 5.91 Å². The molecule has 1 aromatic carbocycles. The van der Waals surface area contributed by atoms with Gasteiger partial charge in [-0.25, -0.2) is 4.98 Å². The van der Waals surface area contributed by atoms with E-state index in [1.807, 2.05) is 24.3 Å². The number of hydrogen-bond acceptors (Lipinski definition) is 3. The van der Waals surface area contributed by atoms with E-state index in [0.29, 0.717) is 17.0 Å². The minimum Gasteiger partial charge on any atom is -0.366 e. The normalized spacial score (nSPS) is 10.4. The van der Waals surface area contributed by atoms with E-state index in [4.69, 9.17) is 5.73 Å². The summed E-state index contributed by atoms with van der Waals surface area (Å²) in [4.78, 5) is 23.2.